The smallest absolute Gasteiger partial charge is 0.206 e. The van der Waals surface area contributed by atoms with E-state index in [0.717, 1.165) is 11.4 Å². The Balaban J connectivity index is 2.19. The summed E-state index contributed by atoms with van der Waals surface area (Å²) in [4.78, 5) is 0. The van der Waals surface area contributed by atoms with E-state index >= 15 is 0 Å². The molecule has 0 aliphatic carbocycles. The van der Waals surface area contributed by atoms with Crippen LogP contribution in [0, 0.1) is 5.82 Å². The molecule has 102 valence electrons. The van der Waals surface area contributed by atoms with Gasteiger partial charge in [0.05, 0.1) is 11.1 Å². The second kappa shape index (κ2) is 6.03. The Kier molecular flexibility index (Phi) is 4.60. The van der Waals surface area contributed by atoms with Gasteiger partial charge in [-0.3, -0.25) is 0 Å². The molecule has 0 aliphatic rings. The fraction of sp³-hybridized carbons (Fsp3) is 0.333. The van der Waals surface area contributed by atoms with Crippen molar-refractivity contribution >= 4 is 39.7 Å². The SMILES string of the molecule is CCc1nnc(NC(C)c2cc(F)c(Cl)cc2Cl)s1. The van der Waals surface area contributed by atoms with Crippen LogP contribution in [-0.4, -0.2) is 10.2 Å². The number of hydrogen-bond acceptors (Lipinski definition) is 4. The van der Waals surface area contributed by atoms with Crippen LogP contribution in [0.5, 0.6) is 0 Å². The summed E-state index contributed by atoms with van der Waals surface area (Å²) in [6.45, 7) is 3.89. The van der Waals surface area contributed by atoms with E-state index in [9.17, 15) is 4.39 Å². The third-order valence-electron chi connectivity index (χ3n) is 2.62. The zero-order chi connectivity index (χ0) is 14.0. The lowest BCUT2D eigenvalue weighted by Crippen LogP contribution is -2.07. The summed E-state index contributed by atoms with van der Waals surface area (Å²) < 4.78 is 13.5. The summed E-state index contributed by atoms with van der Waals surface area (Å²) >= 11 is 13.2. The summed E-state index contributed by atoms with van der Waals surface area (Å²) in [5, 5.41) is 13.3. The molecular formula is C12H12Cl2FN3S. The second-order valence-electron chi connectivity index (χ2n) is 4.01. The van der Waals surface area contributed by atoms with Crippen molar-refractivity contribution in [2.24, 2.45) is 0 Å². The minimum absolute atomic E-state index is 0.0186. The average molecular weight is 320 g/mol. The molecule has 0 bridgehead atoms. The molecule has 19 heavy (non-hydrogen) atoms. The first-order chi connectivity index (χ1) is 9.01. The van der Waals surface area contributed by atoms with E-state index in [-0.39, 0.29) is 11.1 Å². The zero-order valence-corrected chi connectivity index (χ0v) is 12.7. The van der Waals surface area contributed by atoms with Gasteiger partial charge in [-0.1, -0.05) is 41.5 Å². The molecule has 1 atom stereocenters. The van der Waals surface area contributed by atoms with Gasteiger partial charge >= 0.3 is 0 Å². The molecule has 2 rings (SSSR count). The highest BCUT2D eigenvalue weighted by Crippen LogP contribution is 2.31. The van der Waals surface area contributed by atoms with Crippen LogP contribution in [-0.2, 0) is 6.42 Å². The van der Waals surface area contributed by atoms with E-state index in [1.165, 1.54) is 23.5 Å². The number of anilines is 1. The molecule has 0 amide bonds. The van der Waals surface area contributed by atoms with Crippen molar-refractivity contribution in [3.05, 3.63) is 38.6 Å². The van der Waals surface area contributed by atoms with Crippen molar-refractivity contribution in [3.8, 4) is 0 Å². The van der Waals surface area contributed by atoms with Crippen molar-refractivity contribution in [3.63, 3.8) is 0 Å². The number of hydrogen-bond donors (Lipinski definition) is 1. The van der Waals surface area contributed by atoms with Gasteiger partial charge in [0.1, 0.15) is 10.8 Å². The highest BCUT2D eigenvalue weighted by atomic mass is 35.5. The first-order valence-electron chi connectivity index (χ1n) is 5.74. The lowest BCUT2D eigenvalue weighted by atomic mass is 10.1. The van der Waals surface area contributed by atoms with Crippen molar-refractivity contribution < 1.29 is 4.39 Å². The summed E-state index contributed by atoms with van der Waals surface area (Å²) in [7, 11) is 0. The van der Waals surface area contributed by atoms with Crippen LogP contribution < -0.4 is 5.32 Å². The average Bonchev–Trinajstić information content (AvgIpc) is 2.81. The van der Waals surface area contributed by atoms with Gasteiger partial charge in [0.25, 0.3) is 0 Å². The maximum atomic E-state index is 13.5. The van der Waals surface area contributed by atoms with Gasteiger partial charge in [-0.15, -0.1) is 10.2 Å². The van der Waals surface area contributed by atoms with Crippen LogP contribution >= 0.6 is 34.5 Å². The van der Waals surface area contributed by atoms with Gasteiger partial charge in [-0.2, -0.15) is 0 Å². The Hall–Kier alpha value is -0.910. The molecule has 0 saturated heterocycles. The molecule has 0 saturated carbocycles. The molecule has 2 aromatic rings. The molecule has 1 unspecified atom stereocenters. The molecule has 1 aromatic heterocycles. The van der Waals surface area contributed by atoms with Crippen LogP contribution in [0.15, 0.2) is 12.1 Å². The largest absolute Gasteiger partial charge is 0.354 e. The number of aryl methyl sites for hydroxylation is 1. The topological polar surface area (TPSA) is 37.8 Å². The minimum Gasteiger partial charge on any atom is -0.354 e. The van der Waals surface area contributed by atoms with E-state index in [4.69, 9.17) is 23.2 Å². The van der Waals surface area contributed by atoms with Crippen LogP contribution in [0.25, 0.3) is 0 Å². The van der Waals surface area contributed by atoms with Crippen LogP contribution in [0.4, 0.5) is 9.52 Å². The van der Waals surface area contributed by atoms with Crippen molar-refractivity contribution in [1.29, 1.82) is 0 Å². The molecule has 0 spiro atoms. The van der Waals surface area contributed by atoms with E-state index in [0.29, 0.717) is 15.7 Å². The fourth-order valence-corrected chi connectivity index (χ4v) is 2.90. The number of benzene rings is 1. The number of nitrogens with one attached hydrogen (secondary N) is 1. The normalized spacial score (nSPS) is 12.5. The van der Waals surface area contributed by atoms with Gasteiger partial charge in [0.15, 0.2) is 0 Å². The van der Waals surface area contributed by atoms with E-state index in [1.54, 1.807) is 0 Å². The van der Waals surface area contributed by atoms with Crippen molar-refractivity contribution in [1.82, 2.24) is 10.2 Å². The molecule has 1 N–H and O–H groups in total. The molecular weight excluding hydrogens is 308 g/mol. The van der Waals surface area contributed by atoms with Gasteiger partial charge in [-0.25, -0.2) is 4.39 Å². The monoisotopic (exact) mass is 319 g/mol. The zero-order valence-electron chi connectivity index (χ0n) is 10.4. The minimum atomic E-state index is -0.485. The lowest BCUT2D eigenvalue weighted by Gasteiger charge is -2.15. The van der Waals surface area contributed by atoms with Gasteiger partial charge < -0.3 is 5.32 Å². The third kappa shape index (κ3) is 3.35. The molecule has 1 heterocycles. The molecule has 7 heteroatoms. The Morgan fingerprint density at radius 3 is 2.68 bits per heavy atom. The lowest BCUT2D eigenvalue weighted by molar-refractivity contribution is 0.624. The quantitative estimate of drug-likeness (QED) is 0.828. The Labute approximate surface area is 124 Å². The van der Waals surface area contributed by atoms with Crippen LogP contribution in [0.2, 0.25) is 10.0 Å². The highest BCUT2D eigenvalue weighted by Gasteiger charge is 2.15. The first-order valence-corrected chi connectivity index (χ1v) is 7.31. The Morgan fingerprint density at radius 2 is 2.05 bits per heavy atom. The highest BCUT2D eigenvalue weighted by molar-refractivity contribution is 7.15. The molecule has 1 aromatic carbocycles. The standard InChI is InChI=1S/C12H12Cl2FN3S/c1-3-11-17-18-12(19-11)16-6(2)7-4-10(15)9(14)5-8(7)13/h4-6H,3H2,1-2H3,(H,16,18). The predicted molar refractivity (Wildman–Crippen MR) is 77.7 cm³/mol. The molecule has 3 nitrogen and oxygen atoms in total. The van der Waals surface area contributed by atoms with E-state index in [2.05, 4.69) is 15.5 Å². The molecule has 0 radical (unpaired) electrons. The van der Waals surface area contributed by atoms with Crippen molar-refractivity contribution in [2.45, 2.75) is 26.3 Å². The number of nitrogens with zero attached hydrogens (tertiary/aromatic N) is 2. The number of halogens is 3. The van der Waals surface area contributed by atoms with Gasteiger partial charge in [0, 0.05) is 5.02 Å². The third-order valence-corrected chi connectivity index (χ3v) is 4.23. The van der Waals surface area contributed by atoms with Gasteiger partial charge in [0.2, 0.25) is 5.13 Å². The second-order valence-corrected chi connectivity index (χ2v) is 5.88. The Bertz CT molecular complexity index is 588. The molecule has 0 fully saturated rings. The van der Waals surface area contributed by atoms with Crippen LogP contribution in [0.1, 0.15) is 30.5 Å². The van der Waals surface area contributed by atoms with Crippen molar-refractivity contribution in [2.75, 3.05) is 5.32 Å². The van der Waals surface area contributed by atoms with Gasteiger partial charge in [-0.05, 0) is 31.0 Å². The van der Waals surface area contributed by atoms with Crippen LogP contribution in [0.3, 0.4) is 0 Å². The fourth-order valence-electron chi connectivity index (χ4n) is 1.59. The predicted octanol–water partition coefficient (Wildman–Crippen LogP) is 4.72. The van der Waals surface area contributed by atoms with E-state index in [1.807, 2.05) is 13.8 Å². The Morgan fingerprint density at radius 1 is 1.32 bits per heavy atom. The van der Waals surface area contributed by atoms with E-state index < -0.39 is 5.82 Å². The molecule has 0 aliphatic heterocycles. The maximum Gasteiger partial charge on any atom is 0.206 e. The summed E-state index contributed by atoms with van der Waals surface area (Å²) in [5.41, 5.74) is 0.636. The maximum absolute atomic E-state index is 13.5. The summed E-state index contributed by atoms with van der Waals surface area (Å²) in [6, 6.07) is 2.56. The number of rotatable bonds is 4. The first kappa shape index (κ1) is 14.5. The summed E-state index contributed by atoms with van der Waals surface area (Å²) in [6.07, 6.45) is 0.837. The summed E-state index contributed by atoms with van der Waals surface area (Å²) in [5.74, 6) is -0.485. The number of aromatic nitrogens is 2.